The standard InChI is InChI=1S/C25H30N4O3S/c1-5-18-9-11-19(12-10-18)22-21(24-27-23(28-32-24)20-8-6-15-33-20)17(4)29(25(30)26-22)13-7-14-31-16(2)3/h6,8-12,15-16,22H,5,7,13-14H2,1-4H3,(H,26,30). The van der Waals surface area contributed by atoms with Crippen molar-refractivity contribution in [3.63, 3.8) is 0 Å². The van der Waals surface area contributed by atoms with Crippen molar-refractivity contribution >= 4 is 22.9 Å². The first-order valence-electron chi connectivity index (χ1n) is 11.3. The molecule has 1 N–H and O–H groups in total. The Morgan fingerprint density at radius 1 is 1.24 bits per heavy atom. The molecule has 1 aliphatic heterocycles. The smallest absolute Gasteiger partial charge is 0.322 e. The molecule has 1 aliphatic rings. The maximum Gasteiger partial charge on any atom is 0.322 e. The molecule has 1 aromatic carbocycles. The number of aryl methyl sites for hydroxylation is 1. The van der Waals surface area contributed by atoms with Gasteiger partial charge in [-0.15, -0.1) is 11.3 Å². The first kappa shape index (κ1) is 23.2. The number of amides is 2. The predicted octanol–water partition coefficient (Wildman–Crippen LogP) is 5.67. The zero-order valence-corrected chi connectivity index (χ0v) is 20.3. The van der Waals surface area contributed by atoms with E-state index in [1.54, 1.807) is 16.2 Å². The highest BCUT2D eigenvalue weighted by molar-refractivity contribution is 7.13. The van der Waals surface area contributed by atoms with Crippen molar-refractivity contribution in [1.29, 1.82) is 0 Å². The molecule has 0 bridgehead atoms. The third-order valence-electron chi connectivity index (χ3n) is 5.69. The van der Waals surface area contributed by atoms with Crippen LogP contribution in [-0.4, -0.2) is 40.3 Å². The maximum atomic E-state index is 13.1. The van der Waals surface area contributed by atoms with E-state index < -0.39 is 0 Å². The fraction of sp³-hybridized carbons (Fsp3) is 0.400. The van der Waals surface area contributed by atoms with Gasteiger partial charge in [0.1, 0.15) is 0 Å². The summed E-state index contributed by atoms with van der Waals surface area (Å²) < 4.78 is 11.4. The van der Waals surface area contributed by atoms with Crippen molar-refractivity contribution in [2.45, 2.75) is 52.7 Å². The molecule has 1 unspecified atom stereocenters. The van der Waals surface area contributed by atoms with E-state index in [9.17, 15) is 4.79 Å². The zero-order chi connectivity index (χ0) is 23.4. The van der Waals surface area contributed by atoms with E-state index in [-0.39, 0.29) is 18.2 Å². The normalized spacial score (nSPS) is 16.6. The van der Waals surface area contributed by atoms with E-state index in [0.29, 0.717) is 24.9 Å². The fourth-order valence-corrected chi connectivity index (χ4v) is 4.55. The van der Waals surface area contributed by atoms with Crippen LogP contribution in [0.3, 0.4) is 0 Å². The summed E-state index contributed by atoms with van der Waals surface area (Å²) in [5.74, 6) is 0.970. The number of ether oxygens (including phenoxy) is 1. The Morgan fingerprint density at radius 3 is 2.70 bits per heavy atom. The molecule has 0 fully saturated rings. The lowest BCUT2D eigenvalue weighted by Crippen LogP contribution is -2.46. The van der Waals surface area contributed by atoms with Gasteiger partial charge in [0.2, 0.25) is 5.82 Å². The number of aromatic nitrogens is 2. The summed E-state index contributed by atoms with van der Waals surface area (Å²) in [6.45, 7) is 9.21. The van der Waals surface area contributed by atoms with Crippen molar-refractivity contribution in [3.8, 4) is 10.7 Å². The number of hydrogen-bond donors (Lipinski definition) is 1. The lowest BCUT2D eigenvalue weighted by molar-refractivity contribution is 0.0736. The van der Waals surface area contributed by atoms with Crippen LogP contribution in [0.15, 0.2) is 52.0 Å². The first-order valence-corrected chi connectivity index (χ1v) is 12.2. The fourth-order valence-electron chi connectivity index (χ4n) is 3.90. The number of thiophene rings is 1. The molecular formula is C25H30N4O3S. The van der Waals surface area contributed by atoms with E-state index in [1.807, 2.05) is 38.3 Å². The molecule has 1 atom stereocenters. The van der Waals surface area contributed by atoms with Crippen molar-refractivity contribution in [1.82, 2.24) is 20.4 Å². The molecule has 0 aliphatic carbocycles. The zero-order valence-electron chi connectivity index (χ0n) is 19.5. The van der Waals surface area contributed by atoms with E-state index in [4.69, 9.17) is 9.26 Å². The molecule has 174 valence electrons. The summed E-state index contributed by atoms with van der Waals surface area (Å²) in [6, 6.07) is 11.7. The van der Waals surface area contributed by atoms with Crippen LogP contribution in [0.2, 0.25) is 0 Å². The number of allylic oxidation sites excluding steroid dienone is 1. The number of hydrogen-bond acceptors (Lipinski definition) is 6. The predicted molar refractivity (Wildman–Crippen MR) is 130 cm³/mol. The van der Waals surface area contributed by atoms with Crippen molar-refractivity contribution in [2.24, 2.45) is 0 Å². The van der Waals surface area contributed by atoms with Crippen LogP contribution in [0.25, 0.3) is 16.3 Å². The first-order chi connectivity index (χ1) is 16.0. The monoisotopic (exact) mass is 466 g/mol. The van der Waals surface area contributed by atoms with E-state index in [2.05, 4.69) is 46.6 Å². The number of nitrogens with one attached hydrogen (secondary N) is 1. The molecule has 0 saturated heterocycles. The lowest BCUT2D eigenvalue weighted by atomic mass is 9.93. The van der Waals surface area contributed by atoms with Gasteiger partial charge in [0, 0.05) is 18.8 Å². The SMILES string of the molecule is CCc1ccc(C2NC(=O)N(CCCOC(C)C)C(C)=C2c2nc(-c3cccs3)no2)cc1. The van der Waals surface area contributed by atoms with Crippen LogP contribution in [0.4, 0.5) is 4.79 Å². The Balaban J connectivity index is 1.69. The van der Waals surface area contributed by atoms with E-state index in [1.165, 1.54) is 5.56 Å². The van der Waals surface area contributed by atoms with Gasteiger partial charge in [-0.1, -0.05) is 42.4 Å². The Bertz CT molecular complexity index is 1100. The van der Waals surface area contributed by atoms with Crippen molar-refractivity contribution in [3.05, 3.63) is 64.5 Å². The van der Waals surface area contributed by atoms with Gasteiger partial charge in [-0.3, -0.25) is 4.90 Å². The van der Waals surface area contributed by atoms with E-state index >= 15 is 0 Å². The van der Waals surface area contributed by atoms with Crippen LogP contribution in [0, 0.1) is 0 Å². The molecule has 8 heteroatoms. The quantitative estimate of drug-likeness (QED) is 0.411. The molecule has 2 aromatic heterocycles. The third kappa shape index (κ3) is 5.17. The number of nitrogens with zero attached hydrogens (tertiary/aromatic N) is 3. The van der Waals surface area contributed by atoms with Crippen LogP contribution < -0.4 is 5.32 Å². The molecule has 7 nitrogen and oxygen atoms in total. The van der Waals surface area contributed by atoms with Crippen LogP contribution in [-0.2, 0) is 11.2 Å². The number of rotatable bonds is 9. The molecular weight excluding hydrogens is 436 g/mol. The molecule has 0 radical (unpaired) electrons. The average Bonchev–Trinajstić information content (AvgIpc) is 3.50. The number of benzene rings is 1. The second kappa shape index (κ2) is 10.3. The highest BCUT2D eigenvalue weighted by Crippen LogP contribution is 2.37. The number of carbonyl (C=O) groups excluding carboxylic acids is 1. The Hall–Kier alpha value is -2.97. The second-order valence-corrected chi connectivity index (χ2v) is 9.25. The van der Waals surface area contributed by atoms with Crippen molar-refractivity contribution in [2.75, 3.05) is 13.2 Å². The van der Waals surface area contributed by atoms with Gasteiger partial charge < -0.3 is 14.6 Å². The van der Waals surface area contributed by atoms with Gasteiger partial charge in [0.15, 0.2) is 0 Å². The maximum absolute atomic E-state index is 13.1. The van der Waals surface area contributed by atoms with Crippen LogP contribution in [0.1, 0.15) is 57.2 Å². The molecule has 3 aromatic rings. The molecule has 3 heterocycles. The molecule has 0 spiro atoms. The summed E-state index contributed by atoms with van der Waals surface area (Å²) >= 11 is 1.56. The van der Waals surface area contributed by atoms with Gasteiger partial charge in [-0.05, 0) is 56.2 Å². The Labute approximate surface area is 198 Å². The lowest BCUT2D eigenvalue weighted by Gasteiger charge is -2.35. The summed E-state index contributed by atoms with van der Waals surface area (Å²) in [7, 11) is 0. The molecule has 2 amide bonds. The highest BCUT2D eigenvalue weighted by Gasteiger charge is 2.35. The number of carbonyl (C=O) groups is 1. The average molecular weight is 467 g/mol. The number of urea groups is 1. The highest BCUT2D eigenvalue weighted by atomic mass is 32.1. The molecule has 0 saturated carbocycles. The topological polar surface area (TPSA) is 80.5 Å². The van der Waals surface area contributed by atoms with Crippen LogP contribution >= 0.6 is 11.3 Å². The molecule has 33 heavy (non-hydrogen) atoms. The largest absolute Gasteiger partial charge is 0.379 e. The van der Waals surface area contributed by atoms with Gasteiger partial charge in [-0.25, -0.2) is 4.79 Å². The van der Waals surface area contributed by atoms with Crippen LogP contribution in [0.5, 0.6) is 0 Å². The second-order valence-electron chi connectivity index (χ2n) is 8.30. The van der Waals surface area contributed by atoms with Gasteiger partial charge in [0.05, 0.1) is 22.6 Å². The Kier molecular flexibility index (Phi) is 7.25. The van der Waals surface area contributed by atoms with Gasteiger partial charge in [-0.2, -0.15) is 4.98 Å². The third-order valence-corrected chi connectivity index (χ3v) is 6.56. The minimum absolute atomic E-state index is 0.136. The summed E-state index contributed by atoms with van der Waals surface area (Å²) in [5.41, 5.74) is 3.86. The summed E-state index contributed by atoms with van der Waals surface area (Å²) in [5, 5.41) is 9.34. The summed E-state index contributed by atoms with van der Waals surface area (Å²) in [6.07, 6.45) is 1.85. The van der Waals surface area contributed by atoms with E-state index in [0.717, 1.165) is 34.6 Å². The molecule has 4 rings (SSSR count). The summed E-state index contributed by atoms with van der Waals surface area (Å²) in [4.78, 5) is 20.5. The van der Waals surface area contributed by atoms with Gasteiger partial charge in [0.25, 0.3) is 5.89 Å². The van der Waals surface area contributed by atoms with Gasteiger partial charge >= 0.3 is 6.03 Å². The minimum atomic E-state index is -0.372. The minimum Gasteiger partial charge on any atom is -0.379 e. The Morgan fingerprint density at radius 2 is 2.03 bits per heavy atom. The van der Waals surface area contributed by atoms with Crippen molar-refractivity contribution < 1.29 is 14.1 Å².